The topological polar surface area (TPSA) is 32.3 Å². The molecule has 1 saturated heterocycles. The van der Waals surface area contributed by atoms with E-state index in [1.165, 1.54) is 17.0 Å². The highest BCUT2D eigenvalue weighted by Gasteiger charge is 2.30. The number of hydrogen-bond donors (Lipinski definition) is 1. The van der Waals surface area contributed by atoms with E-state index >= 15 is 0 Å². The van der Waals surface area contributed by atoms with E-state index in [2.05, 4.69) is 5.32 Å². The zero-order valence-electron chi connectivity index (χ0n) is 11.9. The van der Waals surface area contributed by atoms with Crippen molar-refractivity contribution >= 4 is 40.9 Å². The average Bonchev–Trinajstić information content (AvgIpc) is 2.79. The van der Waals surface area contributed by atoms with Crippen LogP contribution in [0, 0.1) is 5.82 Å². The SMILES string of the molecule is O=C1/C(=C/c2ccc(F)cc2)NC(=S)N1Cc1ccccc1Cl. The molecule has 0 atom stereocenters. The maximum Gasteiger partial charge on any atom is 0.276 e. The molecule has 23 heavy (non-hydrogen) atoms. The third-order valence-electron chi connectivity index (χ3n) is 3.43. The molecule has 3 rings (SSSR count). The van der Waals surface area contributed by atoms with Crippen molar-refractivity contribution in [2.24, 2.45) is 0 Å². The summed E-state index contributed by atoms with van der Waals surface area (Å²) in [6.07, 6.45) is 1.64. The molecule has 0 aliphatic carbocycles. The van der Waals surface area contributed by atoms with Crippen molar-refractivity contribution in [1.29, 1.82) is 0 Å². The number of nitrogens with zero attached hydrogens (tertiary/aromatic N) is 1. The largest absolute Gasteiger partial charge is 0.328 e. The molecule has 1 heterocycles. The summed E-state index contributed by atoms with van der Waals surface area (Å²) >= 11 is 11.4. The van der Waals surface area contributed by atoms with E-state index in [-0.39, 0.29) is 11.7 Å². The molecule has 6 heteroatoms. The minimum Gasteiger partial charge on any atom is -0.328 e. The van der Waals surface area contributed by atoms with E-state index in [1.807, 2.05) is 18.2 Å². The van der Waals surface area contributed by atoms with Crippen LogP contribution in [-0.4, -0.2) is 15.9 Å². The van der Waals surface area contributed by atoms with E-state index in [1.54, 1.807) is 24.3 Å². The van der Waals surface area contributed by atoms with Gasteiger partial charge in [0.2, 0.25) is 0 Å². The second kappa shape index (κ2) is 6.48. The predicted molar refractivity (Wildman–Crippen MR) is 92.1 cm³/mol. The summed E-state index contributed by atoms with van der Waals surface area (Å²) in [6, 6.07) is 13.2. The number of halogens is 2. The Morgan fingerprint density at radius 2 is 1.87 bits per heavy atom. The van der Waals surface area contributed by atoms with Crippen LogP contribution in [0.15, 0.2) is 54.2 Å². The third kappa shape index (κ3) is 3.41. The van der Waals surface area contributed by atoms with Crippen LogP contribution in [-0.2, 0) is 11.3 Å². The first-order valence-electron chi connectivity index (χ1n) is 6.88. The van der Waals surface area contributed by atoms with Crippen molar-refractivity contribution in [1.82, 2.24) is 10.2 Å². The van der Waals surface area contributed by atoms with Gasteiger partial charge in [-0.3, -0.25) is 9.69 Å². The highest BCUT2D eigenvalue weighted by Crippen LogP contribution is 2.21. The van der Waals surface area contributed by atoms with Crippen LogP contribution < -0.4 is 5.32 Å². The normalized spacial score (nSPS) is 16.1. The van der Waals surface area contributed by atoms with E-state index in [4.69, 9.17) is 23.8 Å². The number of nitrogens with one attached hydrogen (secondary N) is 1. The lowest BCUT2D eigenvalue weighted by Crippen LogP contribution is -2.30. The summed E-state index contributed by atoms with van der Waals surface area (Å²) < 4.78 is 12.9. The molecule has 1 N–H and O–H groups in total. The maximum atomic E-state index is 12.9. The molecular formula is C17H12ClFN2OS. The molecule has 0 saturated carbocycles. The number of hydrogen-bond acceptors (Lipinski definition) is 2. The zero-order chi connectivity index (χ0) is 16.4. The van der Waals surface area contributed by atoms with Gasteiger partial charge in [-0.2, -0.15) is 0 Å². The molecule has 0 spiro atoms. The second-order valence-corrected chi connectivity index (χ2v) is 5.82. The summed E-state index contributed by atoms with van der Waals surface area (Å²) in [5, 5.41) is 3.79. The van der Waals surface area contributed by atoms with Gasteiger partial charge in [0, 0.05) is 5.02 Å². The Morgan fingerprint density at radius 3 is 2.57 bits per heavy atom. The van der Waals surface area contributed by atoms with Gasteiger partial charge in [-0.1, -0.05) is 41.9 Å². The Morgan fingerprint density at radius 1 is 1.17 bits per heavy atom. The van der Waals surface area contributed by atoms with Gasteiger partial charge >= 0.3 is 0 Å². The van der Waals surface area contributed by atoms with Gasteiger partial charge in [0.05, 0.1) is 6.54 Å². The van der Waals surface area contributed by atoms with Gasteiger partial charge < -0.3 is 5.32 Å². The van der Waals surface area contributed by atoms with Gasteiger partial charge in [0.15, 0.2) is 5.11 Å². The van der Waals surface area contributed by atoms with Crippen LogP contribution in [0.3, 0.4) is 0 Å². The first kappa shape index (κ1) is 15.6. The number of amides is 1. The quantitative estimate of drug-likeness (QED) is 0.679. The van der Waals surface area contributed by atoms with Crippen molar-refractivity contribution in [2.75, 3.05) is 0 Å². The van der Waals surface area contributed by atoms with Gasteiger partial charge in [-0.25, -0.2) is 4.39 Å². The molecule has 1 aliphatic heterocycles. The Balaban J connectivity index is 1.82. The smallest absolute Gasteiger partial charge is 0.276 e. The van der Waals surface area contributed by atoms with E-state index in [0.29, 0.717) is 27.9 Å². The Bertz CT molecular complexity index is 804. The lowest BCUT2D eigenvalue weighted by Gasteiger charge is -2.14. The first-order chi connectivity index (χ1) is 11.0. The Hall–Kier alpha value is -2.24. The lowest BCUT2D eigenvalue weighted by atomic mass is 10.2. The molecule has 0 aromatic heterocycles. The second-order valence-electron chi connectivity index (χ2n) is 5.02. The molecule has 2 aromatic rings. The summed E-state index contributed by atoms with van der Waals surface area (Å²) in [7, 11) is 0. The van der Waals surface area contributed by atoms with Gasteiger partial charge in [-0.15, -0.1) is 0 Å². The van der Waals surface area contributed by atoms with Crippen molar-refractivity contribution in [3.63, 3.8) is 0 Å². The van der Waals surface area contributed by atoms with E-state index < -0.39 is 0 Å². The fraction of sp³-hybridized carbons (Fsp3) is 0.0588. The molecule has 1 fully saturated rings. The highest BCUT2D eigenvalue weighted by atomic mass is 35.5. The van der Waals surface area contributed by atoms with Crippen molar-refractivity contribution in [3.8, 4) is 0 Å². The van der Waals surface area contributed by atoms with Gasteiger partial charge in [-0.05, 0) is 47.6 Å². The Labute approximate surface area is 143 Å². The fourth-order valence-electron chi connectivity index (χ4n) is 2.24. The van der Waals surface area contributed by atoms with Crippen LogP contribution in [0.25, 0.3) is 6.08 Å². The molecule has 0 unspecified atom stereocenters. The molecule has 2 aromatic carbocycles. The summed E-state index contributed by atoms with van der Waals surface area (Å²) in [4.78, 5) is 13.9. The van der Waals surface area contributed by atoms with E-state index in [0.717, 1.165) is 5.56 Å². The standard InChI is InChI=1S/C17H12ClFN2OS/c18-14-4-2-1-3-12(14)10-21-16(22)15(20-17(21)23)9-11-5-7-13(19)8-6-11/h1-9H,10H2,(H,20,23)/b15-9-. The van der Waals surface area contributed by atoms with Crippen LogP contribution >= 0.6 is 23.8 Å². The minimum absolute atomic E-state index is 0.237. The number of carbonyl (C=O) groups excluding carboxylic acids is 1. The third-order valence-corrected chi connectivity index (χ3v) is 4.12. The number of benzene rings is 2. The van der Waals surface area contributed by atoms with Crippen molar-refractivity contribution in [3.05, 3.63) is 76.2 Å². The van der Waals surface area contributed by atoms with Gasteiger partial charge in [0.1, 0.15) is 11.5 Å². The van der Waals surface area contributed by atoms with Crippen LogP contribution in [0.2, 0.25) is 5.02 Å². The lowest BCUT2D eigenvalue weighted by molar-refractivity contribution is -0.122. The molecule has 1 amide bonds. The maximum absolute atomic E-state index is 12.9. The minimum atomic E-state index is -0.325. The first-order valence-corrected chi connectivity index (χ1v) is 7.67. The van der Waals surface area contributed by atoms with Crippen LogP contribution in [0.1, 0.15) is 11.1 Å². The number of rotatable bonds is 3. The molecule has 0 radical (unpaired) electrons. The molecular weight excluding hydrogens is 335 g/mol. The van der Waals surface area contributed by atoms with E-state index in [9.17, 15) is 9.18 Å². The number of carbonyl (C=O) groups is 1. The summed E-state index contributed by atoms with van der Waals surface area (Å²) in [6.45, 7) is 0.297. The average molecular weight is 347 g/mol. The Kier molecular flexibility index (Phi) is 4.41. The van der Waals surface area contributed by atoms with Crippen LogP contribution in [0.4, 0.5) is 4.39 Å². The molecule has 116 valence electrons. The highest BCUT2D eigenvalue weighted by molar-refractivity contribution is 7.80. The molecule has 1 aliphatic rings. The molecule has 3 nitrogen and oxygen atoms in total. The van der Waals surface area contributed by atoms with Crippen molar-refractivity contribution in [2.45, 2.75) is 6.54 Å². The number of thiocarbonyl (C=S) groups is 1. The van der Waals surface area contributed by atoms with Gasteiger partial charge in [0.25, 0.3) is 5.91 Å². The predicted octanol–water partition coefficient (Wildman–Crippen LogP) is 3.74. The van der Waals surface area contributed by atoms with Crippen LogP contribution in [0.5, 0.6) is 0 Å². The zero-order valence-corrected chi connectivity index (χ0v) is 13.5. The van der Waals surface area contributed by atoms with Crippen molar-refractivity contribution < 1.29 is 9.18 Å². The molecule has 0 bridgehead atoms. The fourth-order valence-corrected chi connectivity index (χ4v) is 2.69. The monoisotopic (exact) mass is 346 g/mol. The summed E-state index contributed by atoms with van der Waals surface area (Å²) in [5.74, 6) is -0.562. The summed E-state index contributed by atoms with van der Waals surface area (Å²) in [5.41, 5.74) is 1.88.